The smallest absolute Gasteiger partial charge is 0.257 e. The molecule has 5 heteroatoms. The molecular weight excluding hydrogens is 242 g/mol. The van der Waals surface area contributed by atoms with E-state index >= 15 is 0 Å². The fourth-order valence-corrected chi connectivity index (χ4v) is 1.55. The lowest BCUT2D eigenvalue weighted by atomic mass is 10.2. The topological polar surface area (TPSA) is 63.2 Å². The van der Waals surface area contributed by atoms with Gasteiger partial charge in [-0.05, 0) is 26.0 Å². The summed E-state index contributed by atoms with van der Waals surface area (Å²) in [6.07, 6.45) is 0. The molecule has 0 saturated heterocycles. The van der Waals surface area contributed by atoms with Crippen molar-refractivity contribution in [2.45, 2.75) is 40.3 Å². The summed E-state index contributed by atoms with van der Waals surface area (Å²) >= 11 is 0. The minimum absolute atomic E-state index is 0.0211. The number of amides is 1. The second-order valence-corrected chi connectivity index (χ2v) is 4.68. The quantitative estimate of drug-likeness (QED) is 0.782. The van der Waals surface area contributed by atoms with Crippen LogP contribution in [0.1, 0.15) is 32.2 Å². The molecule has 0 fully saturated rings. The van der Waals surface area contributed by atoms with E-state index in [1.165, 1.54) is 0 Å². The van der Waals surface area contributed by atoms with Gasteiger partial charge >= 0.3 is 0 Å². The summed E-state index contributed by atoms with van der Waals surface area (Å²) in [5.41, 5.74) is 1.77. The van der Waals surface area contributed by atoms with E-state index in [0.29, 0.717) is 24.9 Å². The Morgan fingerprint density at radius 3 is 2.79 bits per heavy atom. The van der Waals surface area contributed by atoms with Crippen molar-refractivity contribution in [2.75, 3.05) is 13.2 Å². The van der Waals surface area contributed by atoms with Gasteiger partial charge < -0.3 is 15.4 Å². The number of aromatic nitrogens is 1. The fourth-order valence-electron chi connectivity index (χ4n) is 1.55. The van der Waals surface area contributed by atoms with Crippen LogP contribution < -0.4 is 15.4 Å². The molecule has 0 saturated carbocycles. The largest absolute Gasteiger partial charge is 0.482 e. The number of hydrogen-bond acceptors (Lipinski definition) is 4. The number of rotatable bonds is 7. The Morgan fingerprint density at radius 2 is 2.16 bits per heavy atom. The van der Waals surface area contributed by atoms with Crippen molar-refractivity contribution >= 4 is 5.91 Å². The summed E-state index contributed by atoms with van der Waals surface area (Å²) < 4.78 is 5.52. The molecule has 0 aliphatic rings. The number of carbonyl (C=O) groups excluding carboxylic acids is 1. The first-order valence-electron chi connectivity index (χ1n) is 6.62. The number of hydrogen-bond donors (Lipinski definition) is 2. The second-order valence-electron chi connectivity index (χ2n) is 4.68. The van der Waals surface area contributed by atoms with Crippen LogP contribution in [0, 0.1) is 6.92 Å². The average Bonchev–Trinajstić information content (AvgIpc) is 2.35. The van der Waals surface area contributed by atoms with Crippen molar-refractivity contribution in [3.05, 3.63) is 23.5 Å². The summed E-state index contributed by atoms with van der Waals surface area (Å²) in [5.74, 6) is 0.538. The van der Waals surface area contributed by atoms with E-state index in [4.69, 9.17) is 4.74 Å². The molecule has 0 spiro atoms. The van der Waals surface area contributed by atoms with Gasteiger partial charge in [0.05, 0.1) is 5.69 Å². The molecule has 1 rings (SSSR count). The van der Waals surface area contributed by atoms with Gasteiger partial charge in [0, 0.05) is 24.8 Å². The van der Waals surface area contributed by atoms with Gasteiger partial charge in [0.2, 0.25) is 0 Å². The monoisotopic (exact) mass is 265 g/mol. The van der Waals surface area contributed by atoms with E-state index in [9.17, 15) is 4.79 Å². The summed E-state index contributed by atoms with van der Waals surface area (Å²) in [6.45, 7) is 9.22. The maximum absolute atomic E-state index is 11.4. The average molecular weight is 265 g/mol. The molecule has 1 heterocycles. The van der Waals surface area contributed by atoms with Crippen LogP contribution in [0.2, 0.25) is 0 Å². The number of nitrogens with one attached hydrogen (secondary N) is 2. The van der Waals surface area contributed by atoms with Gasteiger partial charge in [0.25, 0.3) is 5.91 Å². The van der Waals surface area contributed by atoms with Gasteiger partial charge in [-0.25, -0.2) is 0 Å². The maximum atomic E-state index is 11.4. The number of likely N-dealkylation sites (N-methyl/N-ethyl adjacent to an activating group) is 1. The van der Waals surface area contributed by atoms with Crippen molar-refractivity contribution in [2.24, 2.45) is 0 Å². The van der Waals surface area contributed by atoms with Gasteiger partial charge in [-0.1, -0.05) is 13.8 Å². The van der Waals surface area contributed by atoms with E-state index in [1.54, 1.807) is 0 Å². The lowest BCUT2D eigenvalue weighted by Gasteiger charge is -2.13. The van der Waals surface area contributed by atoms with Crippen LogP contribution in [0.15, 0.2) is 12.1 Å². The van der Waals surface area contributed by atoms with Crippen molar-refractivity contribution in [3.8, 4) is 5.75 Å². The third-order valence-corrected chi connectivity index (χ3v) is 2.48. The normalized spacial score (nSPS) is 10.6. The molecular formula is C14H23N3O2. The molecule has 0 unspecified atom stereocenters. The molecule has 1 aromatic heterocycles. The number of nitrogens with zero attached hydrogens (tertiary/aromatic N) is 1. The summed E-state index contributed by atoms with van der Waals surface area (Å²) in [7, 11) is 0. The van der Waals surface area contributed by atoms with Gasteiger partial charge in [0.1, 0.15) is 5.75 Å². The van der Waals surface area contributed by atoms with Crippen LogP contribution in [-0.2, 0) is 11.3 Å². The van der Waals surface area contributed by atoms with Gasteiger partial charge in [-0.3, -0.25) is 9.78 Å². The molecule has 5 nitrogen and oxygen atoms in total. The van der Waals surface area contributed by atoms with Crippen LogP contribution in [-0.4, -0.2) is 30.1 Å². The Balaban J connectivity index is 2.67. The zero-order chi connectivity index (χ0) is 14.3. The third kappa shape index (κ3) is 5.70. The Bertz CT molecular complexity index is 419. The molecule has 2 N–H and O–H groups in total. The lowest BCUT2D eigenvalue weighted by molar-refractivity contribution is -0.123. The highest BCUT2D eigenvalue weighted by Crippen LogP contribution is 2.16. The Labute approximate surface area is 114 Å². The minimum Gasteiger partial charge on any atom is -0.482 e. The van der Waals surface area contributed by atoms with E-state index in [1.807, 2.05) is 26.0 Å². The molecule has 1 aromatic rings. The standard InChI is InChI=1S/C14H23N3O2/c1-5-15-14(18)9-19-13-7-6-11(4)17-12(13)8-16-10(2)3/h6-7,10,16H,5,8-9H2,1-4H3,(H,15,18). The van der Waals surface area contributed by atoms with Crippen molar-refractivity contribution < 1.29 is 9.53 Å². The van der Waals surface area contributed by atoms with Crippen LogP contribution in [0.5, 0.6) is 5.75 Å². The van der Waals surface area contributed by atoms with Gasteiger partial charge in [0.15, 0.2) is 6.61 Å². The highest BCUT2D eigenvalue weighted by Gasteiger charge is 2.08. The van der Waals surface area contributed by atoms with E-state index in [2.05, 4.69) is 29.5 Å². The third-order valence-electron chi connectivity index (χ3n) is 2.48. The summed E-state index contributed by atoms with van der Waals surface area (Å²) in [5, 5.41) is 6.00. The van der Waals surface area contributed by atoms with Crippen molar-refractivity contribution in [1.82, 2.24) is 15.6 Å². The molecule has 0 aliphatic heterocycles. The lowest BCUT2D eigenvalue weighted by Crippen LogP contribution is -2.29. The van der Waals surface area contributed by atoms with E-state index in [-0.39, 0.29) is 12.5 Å². The van der Waals surface area contributed by atoms with Gasteiger partial charge in [-0.15, -0.1) is 0 Å². The maximum Gasteiger partial charge on any atom is 0.257 e. The fraction of sp³-hybridized carbons (Fsp3) is 0.571. The van der Waals surface area contributed by atoms with Crippen LogP contribution >= 0.6 is 0 Å². The van der Waals surface area contributed by atoms with E-state index in [0.717, 1.165) is 11.4 Å². The molecule has 0 atom stereocenters. The minimum atomic E-state index is -0.120. The van der Waals surface area contributed by atoms with Crippen molar-refractivity contribution in [3.63, 3.8) is 0 Å². The molecule has 0 aromatic carbocycles. The Hall–Kier alpha value is -1.62. The highest BCUT2D eigenvalue weighted by molar-refractivity contribution is 5.77. The number of carbonyl (C=O) groups is 1. The molecule has 106 valence electrons. The second kappa shape index (κ2) is 7.74. The van der Waals surface area contributed by atoms with Gasteiger partial charge in [-0.2, -0.15) is 0 Å². The molecule has 0 aliphatic carbocycles. The predicted octanol–water partition coefficient (Wildman–Crippen LogP) is 1.40. The zero-order valence-corrected chi connectivity index (χ0v) is 12.1. The Kier molecular flexibility index (Phi) is 6.29. The SMILES string of the molecule is CCNC(=O)COc1ccc(C)nc1CNC(C)C. The first-order chi connectivity index (χ1) is 9.02. The van der Waals surface area contributed by atoms with Crippen molar-refractivity contribution in [1.29, 1.82) is 0 Å². The predicted molar refractivity (Wildman–Crippen MR) is 75.1 cm³/mol. The zero-order valence-electron chi connectivity index (χ0n) is 12.1. The van der Waals surface area contributed by atoms with E-state index < -0.39 is 0 Å². The molecule has 0 radical (unpaired) electrons. The summed E-state index contributed by atoms with van der Waals surface area (Å²) in [6, 6.07) is 4.11. The Morgan fingerprint density at radius 1 is 1.42 bits per heavy atom. The van der Waals surface area contributed by atoms with Crippen LogP contribution in [0.25, 0.3) is 0 Å². The molecule has 0 bridgehead atoms. The first-order valence-corrected chi connectivity index (χ1v) is 6.62. The molecule has 19 heavy (non-hydrogen) atoms. The molecule has 1 amide bonds. The number of aryl methyl sites for hydroxylation is 1. The van der Waals surface area contributed by atoms with Crippen LogP contribution in [0.4, 0.5) is 0 Å². The number of pyridine rings is 1. The highest BCUT2D eigenvalue weighted by atomic mass is 16.5. The van der Waals surface area contributed by atoms with Crippen LogP contribution in [0.3, 0.4) is 0 Å². The number of ether oxygens (including phenoxy) is 1. The summed E-state index contributed by atoms with van der Waals surface area (Å²) in [4.78, 5) is 15.8. The first kappa shape index (κ1) is 15.4.